The van der Waals surface area contributed by atoms with Crippen LogP contribution in [0.3, 0.4) is 0 Å². The Hall–Kier alpha value is -2.51. The highest BCUT2D eigenvalue weighted by molar-refractivity contribution is 6.01. The normalized spacial score (nSPS) is 23.8. The zero-order valence-electron chi connectivity index (χ0n) is 13.5. The SMILES string of the molecule is O=C(O)[C@H]1CCCCN1C(=O)C1CC(=O)N(c2ccc(F)cc2F)C1. The van der Waals surface area contributed by atoms with E-state index >= 15 is 0 Å². The van der Waals surface area contributed by atoms with Gasteiger partial charge in [-0.3, -0.25) is 9.59 Å². The molecule has 0 spiro atoms. The van der Waals surface area contributed by atoms with Crippen LogP contribution in [0.15, 0.2) is 18.2 Å². The van der Waals surface area contributed by atoms with Crippen LogP contribution in [0.1, 0.15) is 25.7 Å². The van der Waals surface area contributed by atoms with Gasteiger partial charge in [0.2, 0.25) is 11.8 Å². The van der Waals surface area contributed by atoms with Gasteiger partial charge in [0.15, 0.2) is 0 Å². The molecule has 0 bridgehead atoms. The molecule has 2 aliphatic rings. The van der Waals surface area contributed by atoms with Crippen molar-refractivity contribution in [2.75, 3.05) is 18.0 Å². The summed E-state index contributed by atoms with van der Waals surface area (Å²) < 4.78 is 27.0. The molecule has 25 heavy (non-hydrogen) atoms. The van der Waals surface area contributed by atoms with Gasteiger partial charge in [0, 0.05) is 25.6 Å². The molecule has 0 saturated carbocycles. The molecule has 2 aliphatic heterocycles. The van der Waals surface area contributed by atoms with E-state index in [9.17, 15) is 28.3 Å². The molecule has 1 N–H and O–H groups in total. The summed E-state index contributed by atoms with van der Waals surface area (Å²) in [7, 11) is 0. The molecule has 3 rings (SSSR count). The Labute approximate surface area is 143 Å². The zero-order valence-corrected chi connectivity index (χ0v) is 13.5. The van der Waals surface area contributed by atoms with E-state index in [-0.39, 0.29) is 18.7 Å². The molecule has 2 heterocycles. The summed E-state index contributed by atoms with van der Waals surface area (Å²) in [6.45, 7) is 0.300. The first-order valence-electron chi connectivity index (χ1n) is 8.17. The fourth-order valence-electron chi connectivity index (χ4n) is 3.49. The largest absolute Gasteiger partial charge is 0.480 e. The van der Waals surface area contributed by atoms with Crippen molar-refractivity contribution in [2.45, 2.75) is 31.7 Å². The van der Waals surface area contributed by atoms with Crippen LogP contribution < -0.4 is 4.90 Å². The van der Waals surface area contributed by atoms with Gasteiger partial charge in [-0.1, -0.05) is 0 Å². The van der Waals surface area contributed by atoms with Crippen molar-refractivity contribution in [2.24, 2.45) is 5.92 Å². The van der Waals surface area contributed by atoms with E-state index in [2.05, 4.69) is 0 Å². The summed E-state index contributed by atoms with van der Waals surface area (Å²) in [6, 6.07) is 2.01. The molecular formula is C17H18F2N2O4. The van der Waals surface area contributed by atoms with E-state index in [0.29, 0.717) is 25.5 Å². The summed E-state index contributed by atoms with van der Waals surface area (Å²) in [5, 5.41) is 9.29. The topological polar surface area (TPSA) is 77.9 Å². The molecule has 2 saturated heterocycles. The number of benzene rings is 1. The second-order valence-corrected chi connectivity index (χ2v) is 6.38. The maximum absolute atomic E-state index is 13.9. The van der Waals surface area contributed by atoms with Gasteiger partial charge in [0.05, 0.1) is 11.6 Å². The van der Waals surface area contributed by atoms with Crippen LogP contribution in [0.2, 0.25) is 0 Å². The molecule has 2 atom stereocenters. The molecule has 134 valence electrons. The van der Waals surface area contributed by atoms with Gasteiger partial charge in [-0.15, -0.1) is 0 Å². The predicted molar refractivity (Wildman–Crippen MR) is 83.8 cm³/mol. The minimum absolute atomic E-state index is 0.0386. The maximum Gasteiger partial charge on any atom is 0.326 e. The van der Waals surface area contributed by atoms with Gasteiger partial charge < -0.3 is 14.9 Å². The summed E-state index contributed by atoms with van der Waals surface area (Å²) in [6.07, 6.45) is 1.72. The van der Waals surface area contributed by atoms with Gasteiger partial charge in [0.1, 0.15) is 17.7 Å². The second-order valence-electron chi connectivity index (χ2n) is 6.38. The highest BCUT2D eigenvalue weighted by atomic mass is 19.1. The number of amides is 2. The maximum atomic E-state index is 13.9. The van der Waals surface area contributed by atoms with Gasteiger partial charge in [-0.25, -0.2) is 13.6 Å². The number of piperidine rings is 1. The van der Waals surface area contributed by atoms with Crippen molar-refractivity contribution in [3.05, 3.63) is 29.8 Å². The van der Waals surface area contributed by atoms with E-state index in [1.54, 1.807) is 0 Å². The van der Waals surface area contributed by atoms with E-state index in [0.717, 1.165) is 23.5 Å². The fourth-order valence-corrected chi connectivity index (χ4v) is 3.49. The standard InChI is InChI=1S/C17H18F2N2O4/c18-11-4-5-13(12(19)8-11)21-9-10(7-15(21)22)16(23)20-6-2-1-3-14(20)17(24)25/h4-5,8,10,14H,1-3,6-7,9H2,(H,24,25)/t10?,14-/m1/s1. The van der Waals surface area contributed by atoms with Crippen LogP contribution in [-0.2, 0) is 14.4 Å². The molecule has 1 unspecified atom stereocenters. The minimum Gasteiger partial charge on any atom is -0.480 e. The molecule has 1 aromatic rings. The van der Waals surface area contributed by atoms with Crippen LogP contribution in [0.25, 0.3) is 0 Å². The number of carbonyl (C=O) groups is 3. The minimum atomic E-state index is -1.06. The van der Waals surface area contributed by atoms with Crippen molar-refractivity contribution in [1.29, 1.82) is 0 Å². The van der Waals surface area contributed by atoms with E-state index in [4.69, 9.17) is 0 Å². The quantitative estimate of drug-likeness (QED) is 0.900. The highest BCUT2D eigenvalue weighted by Gasteiger charge is 2.41. The molecule has 0 aliphatic carbocycles. The average Bonchev–Trinajstić information content (AvgIpc) is 2.96. The number of carboxylic acids is 1. The first-order chi connectivity index (χ1) is 11.9. The van der Waals surface area contributed by atoms with E-state index in [1.807, 2.05) is 0 Å². The molecule has 0 radical (unpaired) electrons. The van der Waals surface area contributed by atoms with Crippen LogP contribution in [0.5, 0.6) is 0 Å². The number of hydrogen-bond acceptors (Lipinski definition) is 3. The van der Waals surface area contributed by atoms with Crippen molar-refractivity contribution in [1.82, 2.24) is 4.90 Å². The molecule has 0 aromatic heterocycles. The molecule has 2 amide bonds. The third kappa shape index (κ3) is 3.33. The Morgan fingerprint density at radius 2 is 1.96 bits per heavy atom. The average molecular weight is 352 g/mol. The number of aliphatic carboxylic acids is 1. The summed E-state index contributed by atoms with van der Waals surface area (Å²) >= 11 is 0. The lowest BCUT2D eigenvalue weighted by molar-refractivity contribution is -0.153. The van der Waals surface area contributed by atoms with Crippen molar-refractivity contribution in [3.8, 4) is 0 Å². The Kier molecular flexibility index (Phi) is 4.69. The van der Waals surface area contributed by atoms with Crippen molar-refractivity contribution in [3.63, 3.8) is 0 Å². The highest BCUT2D eigenvalue weighted by Crippen LogP contribution is 2.30. The Morgan fingerprint density at radius 3 is 2.64 bits per heavy atom. The molecule has 1 aromatic carbocycles. The fraction of sp³-hybridized carbons (Fsp3) is 0.471. The van der Waals surface area contributed by atoms with Crippen LogP contribution in [0, 0.1) is 17.6 Å². The third-order valence-corrected chi connectivity index (χ3v) is 4.75. The Balaban J connectivity index is 1.77. The number of nitrogens with zero attached hydrogens (tertiary/aromatic N) is 2. The van der Waals surface area contributed by atoms with E-state index in [1.165, 1.54) is 4.90 Å². The summed E-state index contributed by atoms with van der Waals surface area (Å²) in [4.78, 5) is 38.7. The molecule has 8 heteroatoms. The van der Waals surface area contributed by atoms with E-state index < -0.39 is 41.4 Å². The smallest absolute Gasteiger partial charge is 0.326 e. The number of rotatable bonds is 3. The first-order valence-corrected chi connectivity index (χ1v) is 8.17. The lowest BCUT2D eigenvalue weighted by Gasteiger charge is -2.34. The molecule has 2 fully saturated rings. The number of carbonyl (C=O) groups excluding carboxylic acids is 2. The van der Waals surface area contributed by atoms with Crippen LogP contribution in [-0.4, -0.2) is 46.9 Å². The number of anilines is 1. The predicted octanol–water partition coefficient (Wildman–Crippen LogP) is 1.78. The zero-order chi connectivity index (χ0) is 18.1. The summed E-state index contributed by atoms with van der Waals surface area (Å²) in [5.74, 6) is -4.24. The van der Waals surface area contributed by atoms with Crippen LogP contribution in [0.4, 0.5) is 14.5 Å². The van der Waals surface area contributed by atoms with Crippen molar-refractivity contribution >= 4 is 23.5 Å². The monoisotopic (exact) mass is 352 g/mol. The number of hydrogen-bond donors (Lipinski definition) is 1. The third-order valence-electron chi connectivity index (χ3n) is 4.75. The molecule has 6 nitrogen and oxygen atoms in total. The van der Waals surface area contributed by atoms with Gasteiger partial charge in [0.25, 0.3) is 0 Å². The lowest BCUT2D eigenvalue weighted by atomic mass is 9.98. The first kappa shape index (κ1) is 17.3. The van der Waals surface area contributed by atoms with Crippen LogP contribution >= 0.6 is 0 Å². The number of likely N-dealkylation sites (tertiary alicyclic amines) is 1. The van der Waals surface area contributed by atoms with Gasteiger partial charge in [-0.2, -0.15) is 0 Å². The van der Waals surface area contributed by atoms with Crippen molar-refractivity contribution < 1.29 is 28.3 Å². The lowest BCUT2D eigenvalue weighted by Crippen LogP contribution is -2.50. The number of halogens is 2. The summed E-state index contributed by atoms with van der Waals surface area (Å²) in [5.41, 5.74) is -0.0740. The second kappa shape index (κ2) is 6.78. The Bertz CT molecular complexity index is 725. The number of carboxylic acid groups (broad SMARTS) is 1. The van der Waals surface area contributed by atoms with Gasteiger partial charge >= 0.3 is 5.97 Å². The molecular weight excluding hydrogens is 334 g/mol. The van der Waals surface area contributed by atoms with Gasteiger partial charge in [-0.05, 0) is 31.4 Å². The Morgan fingerprint density at radius 1 is 1.20 bits per heavy atom.